The van der Waals surface area contributed by atoms with Crippen LogP contribution in [0.1, 0.15) is 20.3 Å². The number of hydrogen-bond acceptors (Lipinski definition) is 4. The highest BCUT2D eigenvalue weighted by atomic mass is 19.3. The number of carbonyl (C=O) groups is 2. The van der Waals surface area contributed by atoms with Gasteiger partial charge >= 0.3 is 0 Å². The molecule has 0 aromatic rings. The van der Waals surface area contributed by atoms with Crippen LogP contribution in [0, 0.1) is 0 Å². The van der Waals surface area contributed by atoms with Crippen LogP contribution in [-0.4, -0.2) is 71.8 Å². The van der Waals surface area contributed by atoms with E-state index in [0.29, 0.717) is 26.2 Å². The Morgan fingerprint density at radius 3 is 2.24 bits per heavy atom. The molecule has 1 atom stereocenters. The van der Waals surface area contributed by atoms with E-state index in [0.717, 1.165) is 0 Å². The molecule has 8 heteroatoms. The molecule has 1 unspecified atom stereocenters. The Kier molecular flexibility index (Phi) is 4.21. The highest BCUT2D eigenvalue weighted by molar-refractivity contribution is 5.84. The molecule has 2 saturated heterocycles. The number of nitrogens with zero attached hydrogens (tertiary/aromatic N) is 2. The van der Waals surface area contributed by atoms with Gasteiger partial charge in [0.2, 0.25) is 11.8 Å². The number of nitrogens with two attached hydrogens (primary N) is 1. The van der Waals surface area contributed by atoms with Crippen molar-refractivity contribution in [2.45, 2.75) is 37.8 Å². The Labute approximate surface area is 122 Å². The second kappa shape index (κ2) is 5.49. The molecule has 2 heterocycles. The number of hydrogen-bond donors (Lipinski definition) is 2. The summed E-state index contributed by atoms with van der Waals surface area (Å²) < 4.78 is 26.3. The van der Waals surface area contributed by atoms with E-state index in [-0.39, 0.29) is 5.91 Å². The molecule has 0 aromatic carbocycles. The van der Waals surface area contributed by atoms with Crippen molar-refractivity contribution >= 4 is 11.8 Å². The van der Waals surface area contributed by atoms with E-state index < -0.39 is 36.4 Å². The number of rotatable bonds is 3. The second-order valence-corrected chi connectivity index (χ2v) is 6.23. The summed E-state index contributed by atoms with van der Waals surface area (Å²) in [4.78, 5) is 27.1. The summed E-state index contributed by atoms with van der Waals surface area (Å²) in [7, 11) is 0. The molecule has 120 valence electrons. The van der Waals surface area contributed by atoms with Crippen LogP contribution in [0.3, 0.4) is 0 Å². The van der Waals surface area contributed by atoms with Crippen molar-refractivity contribution in [2.24, 2.45) is 5.73 Å². The molecule has 0 spiro atoms. The summed E-state index contributed by atoms with van der Waals surface area (Å²) in [6.45, 7) is 4.88. The summed E-state index contributed by atoms with van der Waals surface area (Å²) >= 11 is 0. The number of piperazine rings is 1. The quantitative estimate of drug-likeness (QED) is 0.729. The Hall–Kier alpha value is -1.28. The highest BCUT2D eigenvalue weighted by Crippen LogP contribution is 2.26. The van der Waals surface area contributed by atoms with E-state index >= 15 is 0 Å². The lowest BCUT2D eigenvalue weighted by Crippen LogP contribution is -2.61. The summed E-state index contributed by atoms with van der Waals surface area (Å²) in [6, 6.07) is -0.810. The molecule has 2 aliphatic rings. The zero-order chi connectivity index (χ0) is 15.8. The Bertz CT molecular complexity index is 434. The third-order valence-corrected chi connectivity index (χ3v) is 4.39. The van der Waals surface area contributed by atoms with Crippen molar-refractivity contribution in [3.8, 4) is 0 Å². The largest absolute Gasteiger partial charge is 0.368 e. The number of amides is 2. The van der Waals surface area contributed by atoms with Crippen molar-refractivity contribution in [2.75, 3.05) is 32.7 Å². The fourth-order valence-electron chi connectivity index (χ4n) is 2.75. The van der Waals surface area contributed by atoms with Gasteiger partial charge in [0.15, 0.2) is 0 Å². The van der Waals surface area contributed by atoms with Gasteiger partial charge in [-0.2, -0.15) is 0 Å². The van der Waals surface area contributed by atoms with Gasteiger partial charge in [0.05, 0.1) is 18.1 Å². The number of carbonyl (C=O) groups excluding carboxylic acids is 2. The van der Waals surface area contributed by atoms with E-state index in [2.05, 4.69) is 5.32 Å². The molecule has 2 amide bonds. The minimum atomic E-state index is -2.81. The fourth-order valence-corrected chi connectivity index (χ4v) is 2.75. The molecule has 6 nitrogen and oxygen atoms in total. The highest BCUT2D eigenvalue weighted by Gasteiger charge is 2.44. The predicted molar refractivity (Wildman–Crippen MR) is 72.8 cm³/mol. The maximum absolute atomic E-state index is 13.1. The number of primary amides is 1. The van der Waals surface area contributed by atoms with E-state index in [1.54, 1.807) is 18.7 Å². The zero-order valence-corrected chi connectivity index (χ0v) is 12.4. The van der Waals surface area contributed by atoms with Crippen molar-refractivity contribution in [3.05, 3.63) is 0 Å². The number of alkyl halides is 2. The van der Waals surface area contributed by atoms with Crippen LogP contribution in [0.15, 0.2) is 0 Å². The minimum absolute atomic E-state index is 0.288. The standard InChI is InChI=1S/C13H22F2N4O2/c1-12(2,11(16)21)19-5-3-18(4-6-19)10(20)9-7-13(14,15)8-17-9/h9,17H,3-8H2,1-2H3,(H2,16,21). The molecule has 0 bridgehead atoms. The molecule has 2 aliphatic heterocycles. The van der Waals surface area contributed by atoms with E-state index in [9.17, 15) is 18.4 Å². The Morgan fingerprint density at radius 2 is 1.81 bits per heavy atom. The van der Waals surface area contributed by atoms with E-state index in [4.69, 9.17) is 5.73 Å². The van der Waals surface area contributed by atoms with Crippen molar-refractivity contribution in [1.29, 1.82) is 0 Å². The van der Waals surface area contributed by atoms with E-state index in [1.807, 2.05) is 4.90 Å². The Morgan fingerprint density at radius 1 is 1.24 bits per heavy atom. The van der Waals surface area contributed by atoms with Crippen molar-refractivity contribution < 1.29 is 18.4 Å². The first-order valence-corrected chi connectivity index (χ1v) is 7.08. The predicted octanol–water partition coefficient (Wildman–Crippen LogP) is -0.608. The first-order chi connectivity index (χ1) is 9.63. The lowest BCUT2D eigenvalue weighted by Gasteiger charge is -2.42. The van der Waals surface area contributed by atoms with Gasteiger partial charge in [-0.1, -0.05) is 0 Å². The van der Waals surface area contributed by atoms with Crippen molar-refractivity contribution in [3.63, 3.8) is 0 Å². The molecule has 2 rings (SSSR count). The van der Waals surface area contributed by atoms with Gasteiger partial charge < -0.3 is 10.6 Å². The topological polar surface area (TPSA) is 78.7 Å². The average molecular weight is 304 g/mol. The molecule has 0 radical (unpaired) electrons. The molecule has 0 saturated carbocycles. The summed E-state index contributed by atoms with van der Waals surface area (Å²) in [5.41, 5.74) is 4.60. The van der Waals surface area contributed by atoms with Crippen LogP contribution in [-0.2, 0) is 9.59 Å². The van der Waals surface area contributed by atoms with Gasteiger partial charge in [-0.05, 0) is 13.8 Å². The van der Waals surface area contributed by atoms with Gasteiger partial charge in [-0.15, -0.1) is 0 Å². The molecule has 21 heavy (non-hydrogen) atoms. The average Bonchev–Trinajstić information content (AvgIpc) is 2.78. The van der Waals surface area contributed by atoms with Gasteiger partial charge in [-0.3, -0.25) is 19.8 Å². The Balaban J connectivity index is 1.90. The lowest BCUT2D eigenvalue weighted by atomic mass is 10.0. The van der Waals surface area contributed by atoms with Crippen LogP contribution in [0.5, 0.6) is 0 Å². The summed E-state index contributed by atoms with van der Waals surface area (Å²) in [6.07, 6.45) is -0.446. The maximum atomic E-state index is 13.1. The molecule has 0 aliphatic carbocycles. The van der Waals surface area contributed by atoms with Gasteiger partial charge in [0, 0.05) is 32.6 Å². The fraction of sp³-hybridized carbons (Fsp3) is 0.846. The van der Waals surface area contributed by atoms with Crippen LogP contribution in [0.25, 0.3) is 0 Å². The smallest absolute Gasteiger partial charge is 0.262 e. The molecule has 3 N–H and O–H groups in total. The molecular weight excluding hydrogens is 282 g/mol. The van der Waals surface area contributed by atoms with Crippen LogP contribution in [0.4, 0.5) is 8.78 Å². The number of nitrogens with one attached hydrogen (secondary N) is 1. The van der Waals surface area contributed by atoms with Crippen LogP contribution in [0.2, 0.25) is 0 Å². The molecule has 2 fully saturated rings. The zero-order valence-electron chi connectivity index (χ0n) is 12.4. The monoisotopic (exact) mass is 304 g/mol. The first-order valence-electron chi connectivity index (χ1n) is 7.08. The summed E-state index contributed by atoms with van der Waals surface area (Å²) in [5, 5.41) is 2.57. The molecule has 0 aromatic heterocycles. The van der Waals surface area contributed by atoms with Gasteiger partial charge in [0.1, 0.15) is 0 Å². The first kappa shape index (κ1) is 16.1. The minimum Gasteiger partial charge on any atom is -0.368 e. The number of halogens is 2. The van der Waals surface area contributed by atoms with E-state index in [1.165, 1.54) is 0 Å². The second-order valence-electron chi connectivity index (χ2n) is 6.23. The third-order valence-electron chi connectivity index (χ3n) is 4.39. The summed E-state index contributed by atoms with van der Waals surface area (Å²) in [5.74, 6) is -3.51. The molecular formula is C13H22F2N4O2. The third kappa shape index (κ3) is 3.32. The van der Waals surface area contributed by atoms with Crippen LogP contribution >= 0.6 is 0 Å². The van der Waals surface area contributed by atoms with Crippen LogP contribution < -0.4 is 11.1 Å². The van der Waals surface area contributed by atoms with Crippen molar-refractivity contribution in [1.82, 2.24) is 15.1 Å². The van der Waals surface area contributed by atoms with Gasteiger partial charge in [0.25, 0.3) is 5.92 Å². The maximum Gasteiger partial charge on any atom is 0.262 e. The lowest BCUT2D eigenvalue weighted by molar-refractivity contribution is -0.138. The van der Waals surface area contributed by atoms with Gasteiger partial charge in [-0.25, -0.2) is 8.78 Å². The SMILES string of the molecule is CC(C)(C(N)=O)N1CCN(C(=O)C2CC(F)(F)CN2)CC1. The normalized spacial score (nSPS) is 26.9.